The molecule has 1 saturated carbocycles. The summed E-state index contributed by atoms with van der Waals surface area (Å²) in [4.78, 5) is 22.3. The molecule has 0 spiro atoms. The second-order valence-electron chi connectivity index (χ2n) is 9.83. The molecule has 2 N–H and O–H groups in total. The minimum Gasteiger partial charge on any atom is -0.490 e. The number of hydrogen-bond donors (Lipinski definition) is 2. The lowest BCUT2D eigenvalue weighted by Crippen LogP contribution is -2.30. The molecule has 5 heteroatoms. The van der Waals surface area contributed by atoms with Crippen LogP contribution in [0, 0.1) is 11.3 Å². The van der Waals surface area contributed by atoms with E-state index in [0.717, 1.165) is 30.1 Å². The minimum atomic E-state index is -0.319. The van der Waals surface area contributed by atoms with Crippen molar-refractivity contribution in [1.82, 2.24) is 10.6 Å². The van der Waals surface area contributed by atoms with Crippen molar-refractivity contribution >= 4 is 22.6 Å². The first-order valence-electron chi connectivity index (χ1n) is 11.4. The van der Waals surface area contributed by atoms with Gasteiger partial charge < -0.3 is 10.1 Å². The Morgan fingerprint density at radius 2 is 1.68 bits per heavy atom. The van der Waals surface area contributed by atoms with Crippen LogP contribution in [0.4, 0.5) is 0 Å². The van der Waals surface area contributed by atoms with Crippen LogP contribution >= 0.6 is 0 Å². The Kier molecular flexibility index (Phi) is 7.71. The first kappa shape index (κ1) is 23.3. The molecule has 0 bridgehead atoms. The smallest absolute Gasteiger partial charge is 0.227 e. The second kappa shape index (κ2) is 10.3. The molecule has 168 valence electrons. The summed E-state index contributed by atoms with van der Waals surface area (Å²) >= 11 is 0. The molecule has 0 unspecified atom stereocenters. The zero-order chi connectivity index (χ0) is 22.4. The number of carbonyl (C=O) groups excluding carboxylic acids is 2. The normalized spacial score (nSPS) is 19.2. The quantitative estimate of drug-likeness (QED) is 0.616. The highest BCUT2D eigenvalue weighted by Gasteiger charge is 2.30. The van der Waals surface area contributed by atoms with E-state index in [1.54, 1.807) is 0 Å². The summed E-state index contributed by atoms with van der Waals surface area (Å²) in [6, 6.07) is 12.7. The fraction of sp³-hybridized carbons (Fsp3) is 0.538. The van der Waals surface area contributed by atoms with Gasteiger partial charge in [0.05, 0.1) is 6.10 Å². The highest BCUT2D eigenvalue weighted by molar-refractivity contribution is 5.93. The van der Waals surface area contributed by atoms with Crippen LogP contribution < -0.4 is 15.4 Å². The van der Waals surface area contributed by atoms with E-state index >= 15 is 0 Å². The van der Waals surface area contributed by atoms with Gasteiger partial charge in [0.1, 0.15) is 5.75 Å². The molecule has 1 aliphatic rings. The van der Waals surface area contributed by atoms with Gasteiger partial charge in [-0.1, -0.05) is 39.0 Å². The van der Waals surface area contributed by atoms with Crippen molar-refractivity contribution in [3.05, 3.63) is 42.0 Å². The van der Waals surface area contributed by atoms with Gasteiger partial charge in [-0.15, -0.1) is 0 Å². The molecule has 2 amide bonds. The molecule has 0 radical (unpaired) electrons. The third-order valence-corrected chi connectivity index (χ3v) is 6.25. The molecule has 2 aromatic rings. The fourth-order valence-corrected chi connectivity index (χ4v) is 4.39. The standard InChI is InChI=1S/C26H36N2O3/c1-18(29)28-25(30)13-14-27-17-19-5-6-21-16-24(10-7-20(21)15-19)31-23-11-8-22(9-12-23)26(2,3)4/h5-7,10,15-16,22-23,27H,8-9,11-14,17H2,1-4H3,(H,28,29,30)/t22-,23-. The number of ether oxygens (including phenoxy) is 1. The van der Waals surface area contributed by atoms with Crippen LogP contribution in [0.15, 0.2) is 36.4 Å². The molecule has 0 saturated heterocycles. The first-order chi connectivity index (χ1) is 14.7. The maximum absolute atomic E-state index is 11.5. The Balaban J connectivity index is 1.50. The van der Waals surface area contributed by atoms with Crippen molar-refractivity contribution in [2.45, 2.75) is 72.4 Å². The summed E-state index contributed by atoms with van der Waals surface area (Å²) < 4.78 is 6.31. The number of benzene rings is 2. The fourth-order valence-electron chi connectivity index (χ4n) is 4.39. The molecule has 0 atom stereocenters. The average Bonchev–Trinajstić information content (AvgIpc) is 2.70. The minimum absolute atomic E-state index is 0.252. The van der Waals surface area contributed by atoms with E-state index in [1.165, 1.54) is 30.5 Å². The zero-order valence-corrected chi connectivity index (χ0v) is 19.3. The Bertz CT molecular complexity index is 908. The van der Waals surface area contributed by atoms with Crippen LogP contribution in [-0.2, 0) is 16.1 Å². The molecular weight excluding hydrogens is 388 g/mol. The second-order valence-corrected chi connectivity index (χ2v) is 9.83. The highest BCUT2D eigenvalue weighted by atomic mass is 16.5. The van der Waals surface area contributed by atoms with Crippen molar-refractivity contribution < 1.29 is 14.3 Å². The molecule has 3 rings (SSSR count). The van der Waals surface area contributed by atoms with Gasteiger partial charge in [0.2, 0.25) is 11.8 Å². The van der Waals surface area contributed by atoms with E-state index in [0.29, 0.717) is 24.6 Å². The van der Waals surface area contributed by atoms with Gasteiger partial charge in [-0.2, -0.15) is 0 Å². The summed E-state index contributed by atoms with van der Waals surface area (Å²) in [7, 11) is 0. The predicted octanol–water partition coefficient (Wildman–Crippen LogP) is 4.97. The van der Waals surface area contributed by atoms with Crippen LogP contribution in [0.1, 0.15) is 65.4 Å². The number of nitrogens with one attached hydrogen (secondary N) is 2. The molecule has 1 fully saturated rings. The number of imide groups is 1. The topological polar surface area (TPSA) is 67.4 Å². The van der Waals surface area contributed by atoms with Gasteiger partial charge in [0.25, 0.3) is 0 Å². The van der Waals surface area contributed by atoms with E-state index in [-0.39, 0.29) is 18.2 Å². The van der Waals surface area contributed by atoms with Crippen molar-refractivity contribution in [3.63, 3.8) is 0 Å². The number of carbonyl (C=O) groups is 2. The lowest BCUT2D eigenvalue weighted by atomic mass is 9.72. The molecule has 0 heterocycles. The summed E-state index contributed by atoms with van der Waals surface area (Å²) in [5.74, 6) is 1.17. The maximum atomic E-state index is 11.5. The van der Waals surface area contributed by atoms with Gasteiger partial charge in [-0.05, 0) is 71.6 Å². The summed E-state index contributed by atoms with van der Waals surface area (Å²) in [5.41, 5.74) is 1.55. The van der Waals surface area contributed by atoms with Crippen LogP contribution in [0.5, 0.6) is 5.75 Å². The Hall–Kier alpha value is -2.40. The Morgan fingerprint density at radius 1 is 1.00 bits per heavy atom. The van der Waals surface area contributed by atoms with Crippen molar-refractivity contribution in [3.8, 4) is 5.75 Å². The maximum Gasteiger partial charge on any atom is 0.227 e. The molecule has 31 heavy (non-hydrogen) atoms. The number of hydrogen-bond acceptors (Lipinski definition) is 4. The van der Waals surface area contributed by atoms with E-state index in [1.807, 2.05) is 0 Å². The van der Waals surface area contributed by atoms with Crippen molar-refractivity contribution in [2.75, 3.05) is 6.54 Å². The van der Waals surface area contributed by atoms with E-state index < -0.39 is 0 Å². The van der Waals surface area contributed by atoms with Crippen molar-refractivity contribution in [1.29, 1.82) is 0 Å². The summed E-state index contributed by atoms with van der Waals surface area (Å²) in [5, 5.41) is 7.88. The number of amides is 2. The Labute approximate surface area is 185 Å². The van der Waals surface area contributed by atoms with Gasteiger partial charge in [-0.25, -0.2) is 0 Å². The van der Waals surface area contributed by atoms with Gasteiger partial charge >= 0.3 is 0 Å². The van der Waals surface area contributed by atoms with Gasteiger partial charge in [0.15, 0.2) is 0 Å². The molecule has 0 aromatic heterocycles. The first-order valence-corrected chi connectivity index (χ1v) is 11.4. The van der Waals surface area contributed by atoms with Gasteiger partial charge in [0, 0.05) is 26.4 Å². The average molecular weight is 425 g/mol. The third-order valence-electron chi connectivity index (χ3n) is 6.25. The molecular formula is C26H36N2O3. The third kappa shape index (κ3) is 7.06. The Morgan fingerprint density at radius 3 is 2.35 bits per heavy atom. The molecule has 1 aliphatic carbocycles. The zero-order valence-electron chi connectivity index (χ0n) is 19.3. The SMILES string of the molecule is CC(=O)NC(=O)CCNCc1ccc2cc(O[C@H]3CC[C@H](C(C)(C)C)CC3)ccc2c1. The molecule has 0 aliphatic heterocycles. The van der Waals surface area contributed by atoms with Crippen molar-refractivity contribution in [2.24, 2.45) is 11.3 Å². The number of fused-ring (bicyclic) bond motifs is 1. The van der Waals surface area contributed by atoms with Crippen LogP contribution in [-0.4, -0.2) is 24.5 Å². The van der Waals surface area contributed by atoms with Crippen LogP contribution in [0.25, 0.3) is 10.8 Å². The largest absolute Gasteiger partial charge is 0.490 e. The lowest BCUT2D eigenvalue weighted by Gasteiger charge is -2.37. The molecule has 2 aromatic carbocycles. The van der Waals surface area contributed by atoms with E-state index in [9.17, 15) is 9.59 Å². The lowest BCUT2D eigenvalue weighted by molar-refractivity contribution is -0.129. The highest BCUT2D eigenvalue weighted by Crippen LogP contribution is 2.39. The molecule has 5 nitrogen and oxygen atoms in total. The van der Waals surface area contributed by atoms with Crippen LogP contribution in [0.3, 0.4) is 0 Å². The monoisotopic (exact) mass is 424 g/mol. The number of rotatable bonds is 7. The van der Waals surface area contributed by atoms with E-state index in [4.69, 9.17) is 4.74 Å². The van der Waals surface area contributed by atoms with E-state index in [2.05, 4.69) is 67.8 Å². The summed E-state index contributed by atoms with van der Waals surface area (Å²) in [6.07, 6.45) is 5.36. The summed E-state index contributed by atoms with van der Waals surface area (Å²) in [6.45, 7) is 9.58. The van der Waals surface area contributed by atoms with Crippen LogP contribution in [0.2, 0.25) is 0 Å². The predicted molar refractivity (Wildman–Crippen MR) is 125 cm³/mol. The van der Waals surface area contributed by atoms with Gasteiger partial charge in [-0.3, -0.25) is 14.9 Å².